The van der Waals surface area contributed by atoms with E-state index >= 15 is 0 Å². The largest absolute Gasteiger partial charge is 0.455 e. The number of ether oxygens (including phenoxy) is 1. The van der Waals surface area contributed by atoms with Gasteiger partial charge in [0.05, 0.1) is 35.1 Å². The van der Waals surface area contributed by atoms with Gasteiger partial charge in [-0.25, -0.2) is 23.0 Å². The number of hydrogen-bond donors (Lipinski definition) is 1. The maximum Gasteiger partial charge on any atom is 0.280 e. The summed E-state index contributed by atoms with van der Waals surface area (Å²) in [5.41, 5.74) is 2.95. The summed E-state index contributed by atoms with van der Waals surface area (Å²) in [6, 6.07) is 17.5. The molecule has 0 radical (unpaired) electrons. The Balaban J connectivity index is 0.00000191. The average Bonchev–Trinajstić information content (AvgIpc) is 3.50. The number of pyridine rings is 1. The Bertz CT molecular complexity index is 2270. The number of benzene rings is 3. The Hall–Kier alpha value is -5.31. The summed E-state index contributed by atoms with van der Waals surface area (Å²) >= 11 is 0. The van der Waals surface area contributed by atoms with Crippen LogP contribution in [0.15, 0.2) is 82.0 Å². The zero-order valence-corrected chi connectivity index (χ0v) is 30.0. The Morgan fingerprint density at radius 3 is 2.24 bits per heavy atom. The summed E-state index contributed by atoms with van der Waals surface area (Å²) in [5.74, 6) is -0.636. The molecule has 2 atom stereocenters. The van der Waals surface area contributed by atoms with Crippen molar-refractivity contribution < 1.29 is 32.4 Å². The van der Waals surface area contributed by atoms with Gasteiger partial charge in [-0.2, -0.15) is 0 Å². The molecular formula is C37H39F2N5O6S. The standard InChI is InChI=1S/C35H31F2N5O5S.C2H6.H2O/c1-19-39-27-15-14-26(40-32(27)35(44)42(19)29(18-46-4)20-6-10-22(36)11-7-20)24-16-25-30(17-28(24)41(3)48(5)45)47-33(31(25)34(43)38-2)21-8-12-23(37)13-9-21;1-2;/h6-17,29H,18H2,1-5H3,(H,38,43);1-2H3;1H2/t29-,48?;;/m1../s1. The number of carbonyl (C=O) groups is 1. The highest BCUT2D eigenvalue weighted by molar-refractivity contribution is 7.85. The quantitative estimate of drug-likeness (QED) is 0.193. The van der Waals surface area contributed by atoms with E-state index in [0.717, 1.165) is 0 Å². The van der Waals surface area contributed by atoms with Crippen molar-refractivity contribution in [2.45, 2.75) is 26.8 Å². The molecule has 0 aliphatic rings. The zero-order chi connectivity index (χ0) is 36.3. The van der Waals surface area contributed by atoms with Gasteiger partial charge in [0.2, 0.25) is 0 Å². The van der Waals surface area contributed by atoms with Crippen molar-refractivity contribution in [3.63, 3.8) is 0 Å². The first-order valence-electron chi connectivity index (χ1n) is 15.8. The van der Waals surface area contributed by atoms with Gasteiger partial charge in [0, 0.05) is 50.0 Å². The van der Waals surface area contributed by atoms with Gasteiger partial charge in [0.25, 0.3) is 11.5 Å². The Morgan fingerprint density at radius 2 is 1.65 bits per heavy atom. The van der Waals surface area contributed by atoms with Crippen molar-refractivity contribution in [2.24, 2.45) is 0 Å². The third-order valence-electron chi connectivity index (χ3n) is 8.18. The van der Waals surface area contributed by atoms with E-state index in [1.165, 1.54) is 65.7 Å². The van der Waals surface area contributed by atoms with Crippen LogP contribution in [-0.2, 0) is 15.7 Å². The molecule has 6 aromatic rings. The molecule has 3 heterocycles. The number of carbonyl (C=O) groups excluding carboxylic acids is 1. The number of anilines is 1. The van der Waals surface area contributed by atoms with Crippen molar-refractivity contribution in [3.8, 4) is 22.6 Å². The molecule has 3 aromatic heterocycles. The highest BCUT2D eigenvalue weighted by Gasteiger charge is 2.26. The van der Waals surface area contributed by atoms with Crippen LogP contribution in [0.5, 0.6) is 0 Å². The minimum atomic E-state index is -1.48. The summed E-state index contributed by atoms with van der Waals surface area (Å²) in [6.07, 6.45) is 1.51. The minimum absolute atomic E-state index is 0. The van der Waals surface area contributed by atoms with E-state index in [1.807, 2.05) is 13.8 Å². The number of fused-ring (bicyclic) bond motifs is 2. The lowest BCUT2D eigenvalue weighted by molar-refractivity contribution is 0.0964. The molecule has 3 N–H and O–H groups in total. The highest BCUT2D eigenvalue weighted by Crippen LogP contribution is 2.41. The number of rotatable bonds is 9. The first kappa shape index (κ1) is 38.5. The lowest BCUT2D eigenvalue weighted by atomic mass is 10.0. The smallest absolute Gasteiger partial charge is 0.280 e. The van der Waals surface area contributed by atoms with Gasteiger partial charge in [-0.15, -0.1) is 0 Å². The van der Waals surface area contributed by atoms with Gasteiger partial charge in [-0.1, -0.05) is 26.0 Å². The summed E-state index contributed by atoms with van der Waals surface area (Å²) in [5, 5.41) is 3.08. The van der Waals surface area contributed by atoms with Crippen LogP contribution in [-0.4, -0.2) is 64.2 Å². The number of furan rings is 1. The van der Waals surface area contributed by atoms with Crippen LogP contribution in [0.25, 0.3) is 44.6 Å². The topological polar surface area (TPSA) is 151 Å². The maximum atomic E-state index is 14.2. The van der Waals surface area contributed by atoms with E-state index in [4.69, 9.17) is 14.1 Å². The molecule has 0 saturated heterocycles. The Morgan fingerprint density at radius 1 is 1.02 bits per heavy atom. The van der Waals surface area contributed by atoms with E-state index < -0.39 is 40.1 Å². The van der Waals surface area contributed by atoms with Crippen LogP contribution >= 0.6 is 0 Å². The van der Waals surface area contributed by atoms with Crippen LogP contribution in [0.1, 0.15) is 41.6 Å². The molecule has 11 nitrogen and oxygen atoms in total. The molecule has 0 fully saturated rings. The summed E-state index contributed by atoms with van der Waals surface area (Å²) < 4.78 is 54.9. The monoisotopic (exact) mass is 719 g/mol. The molecule has 0 saturated carbocycles. The van der Waals surface area contributed by atoms with Gasteiger partial charge >= 0.3 is 0 Å². The first-order valence-corrected chi connectivity index (χ1v) is 17.3. The molecule has 0 aliphatic carbocycles. The fraction of sp³-hybridized carbons (Fsp3) is 0.243. The number of aryl methyl sites for hydroxylation is 1. The van der Waals surface area contributed by atoms with Crippen LogP contribution in [0.4, 0.5) is 14.5 Å². The molecule has 3 aromatic carbocycles. The third-order valence-corrected chi connectivity index (χ3v) is 9.15. The normalized spacial score (nSPS) is 12.1. The second-order valence-corrected chi connectivity index (χ2v) is 12.5. The summed E-state index contributed by atoms with van der Waals surface area (Å²) in [6.45, 7) is 5.82. The van der Waals surface area contributed by atoms with E-state index in [-0.39, 0.29) is 28.9 Å². The molecule has 51 heavy (non-hydrogen) atoms. The summed E-state index contributed by atoms with van der Waals surface area (Å²) in [4.78, 5) is 36.9. The van der Waals surface area contributed by atoms with Crippen molar-refractivity contribution >= 4 is 44.6 Å². The minimum Gasteiger partial charge on any atom is -0.455 e. The number of halogens is 2. The van der Waals surface area contributed by atoms with Crippen LogP contribution in [0.2, 0.25) is 0 Å². The lowest BCUT2D eigenvalue weighted by Gasteiger charge is -2.22. The molecule has 1 unspecified atom stereocenters. The molecule has 0 bridgehead atoms. The maximum absolute atomic E-state index is 14.2. The number of methoxy groups -OCH3 is 1. The molecule has 0 aliphatic heterocycles. The zero-order valence-electron chi connectivity index (χ0n) is 29.2. The lowest BCUT2D eigenvalue weighted by Crippen LogP contribution is -2.31. The second kappa shape index (κ2) is 16.1. The fourth-order valence-electron chi connectivity index (χ4n) is 5.76. The number of nitrogens with zero attached hydrogens (tertiary/aromatic N) is 4. The van der Waals surface area contributed by atoms with Crippen molar-refractivity contribution in [2.75, 3.05) is 38.4 Å². The number of nitrogens with one attached hydrogen (secondary N) is 1. The van der Waals surface area contributed by atoms with E-state index in [1.54, 1.807) is 50.4 Å². The summed E-state index contributed by atoms with van der Waals surface area (Å²) in [7, 11) is 3.16. The van der Waals surface area contributed by atoms with E-state index in [0.29, 0.717) is 50.4 Å². The highest BCUT2D eigenvalue weighted by atomic mass is 32.2. The van der Waals surface area contributed by atoms with Crippen LogP contribution in [0, 0.1) is 18.6 Å². The van der Waals surface area contributed by atoms with Crippen molar-refractivity contribution in [3.05, 3.63) is 112 Å². The predicted molar refractivity (Wildman–Crippen MR) is 196 cm³/mol. The van der Waals surface area contributed by atoms with Crippen molar-refractivity contribution in [1.82, 2.24) is 19.9 Å². The molecule has 1 amide bonds. The van der Waals surface area contributed by atoms with Gasteiger partial charge in [-0.3, -0.25) is 18.5 Å². The Labute approximate surface area is 295 Å². The van der Waals surface area contributed by atoms with E-state index in [2.05, 4.69) is 10.3 Å². The average molecular weight is 720 g/mol. The van der Waals surface area contributed by atoms with Gasteiger partial charge < -0.3 is 19.9 Å². The fourth-order valence-corrected chi connectivity index (χ4v) is 6.19. The predicted octanol–water partition coefficient (Wildman–Crippen LogP) is 5.98. The van der Waals surface area contributed by atoms with Crippen LogP contribution < -0.4 is 15.2 Å². The van der Waals surface area contributed by atoms with E-state index in [9.17, 15) is 22.6 Å². The van der Waals surface area contributed by atoms with Crippen molar-refractivity contribution in [1.29, 1.82) is 0 Å². The second-order valence-electron chi connectivity index (χ2n) is 11.1. The van der Waals surface area contributed by atoms with Gasteiger partial charge in [0.1, 0.15) is 39.8 Å². The number of hydrogen-bond acceptors (Lipinski definition) is 7. The molecule has 0 spiro atoms. The number of aromatic nitrogens is 3. The first-order chi connectivity index (χ1) is 24.0. The Kier molecular flexibility index (Phi) is 12.2. The van der Waals surface area contributed by atoms with Crippen LogP contribution in [0.3, 0.4) is 0 Å². The SMILES string of the molecule is CC.CNC(=O)c1c(-c2ccc(F)cc2)oc2cc(N(C)S(C)=O)c(-c3ccc4nc(C)n([C@H](COC)c5ccc(F)cc5)c(=O)c4n3)cc12.O. The van der Waals surface area contributed by atoms with Gasteiger partial charge in [-0.05, 0) is 67.1 Å². The molecule has 268 valence electrons. The van der Waals surface area contributed by atoms with Gasteiger partial charge in [0.15, 0.2) is 5.52 Å². The third kappa shape index (κ3) is 7.43. The molecular weight excluding hydrogens is 680 g/mol. The molecule has 14 heteroatoms. The number of amides is 1. The molecule has 6 rings (SSSR count).